The number of rotatable bonds is 3. The van der Waals surface area contributed by atoms with Crippen molar-refractivity contribution in [2.75, 3.05) is 5.32 Å². The van der Waals surface area contributed by atoms with Crippen molar-refractivity contribution < 1.29 is 23.5 Å². The molecule has 0 aromatic heterocycles. The molecule has 0 saturated heterocycles. The minimum absolute atomic E-state index is 0.108. The Hall–Kier alpha value is -1.98. The molecule has 1 aliphatic carbocycles. The summed E-state index contributed by atoms with van der Waals surface area (Å²) < 4.78 is 25.8. The number of carbonyl (C=O) groups is 2. The van der Waals surface area contributed by atoms with Gasteiger partial charge in [0.25, 0.3) is 0 Å². The van der Waals surface area contributed by atoms with Gasteiger partial charge in [-0.25, -0.2) is 8.78 Å². The summed E-state index contributed by atoms with van der Waals surface area (Å²) in [6.45, 7) is 0. The van der Waals surface area contributed by atoms with Crippen LogP contribution in [0.5, 0.6) is 0 Å². The molecule has 1 aromatic rings. The van der Waals surface area contributed by atoms with Crippen LogP contribution in [-0.4, -0.2) is 11.9 Å². The summed E-state index contributed by atoms with van der Waals surface area (Å²) in [5.74, 6) is -5.33. The van der Waals surface area contributed by atoms with Gasteiger partial charge < -0.3 is 15.2 Å². The molecular formula is C14H14F2NO3-. The van der Waals surface area contributed by atoms with Crippen LogP contribution in [0.4, 0.5) is 14.5 Å². The first kappa shape index (κ1) is 14.4. The van der Waals surface area contributed by atoms with Crippen molar-refractivity contribution in [2.24, 2.45) is 11.8 Å². The van der Waals surface area contributed by atoms with Crippen molar-refractivity contribution in [2.45, 2.75) is 25.7 Å². The average molecular weight is 282 g/mol. The van der Waals surface area contributed by atoms with E-state index in [1.165, 1.54) is 6.07 Å². The minimum Gasteiger partial charge on any atom is -0.550 e. The fourth-order valence-electron chi connectivity index (χ4n) is 2.54. The van der Waals surface area contributed by atoms with E-state index in [9.17, 15) is 23.5 Å². The second-order valence-electron chi connectivity index (χ2n) is 4.93. The van der Waals surface area contributed by atoms with Gasteiger partial charge in [0.15, 0.2) is 11.6 Å². The highest BCUT2D eigenvalue weighted by Gasteiger charge is 2.31. The molecule has 2 atom stereocenters. The van der Waals surface area contributed by atoms with E-state index in [1.807, 2.05) is 0 Å². The van der Waals surface area contributed by atoms with Gasteiger partial charge in [-0.15, -0.1) is 0 Å². The van der Waals surface area contributed by atoms with Crippen molar-refractivity contribution in [1.82, 2.24) is 0 Å². The van der Waals surface area contributed by atoms with Crippen LogP contribution in [0.25, 0.3) is 0 Å². The third kappa shape index (κ3) is 3.12. The number of carbonyl (C=O) groups excluding carboxylic acids is 2. The van der Waals surface area contributed by atoms with Gasteiger partial charge >= 0.3 is 0 Å². The van der Waals surface area contributed by atoms with E-state index in [-0.39, 0.29) is 5.69 Å². The molecule has 0 bridgehead atoms. The van der Waals surface area contributed by atoms with Gasteiger partial charge in [0.2, 0.25) is 5.91 Å². The van der Waals surface area contributed by atoms with Crippen LogP contribution >= 0.6 is 0 Å². The van der Waals surface area contributed by atoms with Gasteiger partial charge in [-0.3, -0.25) is 4.79 Å². The lowest BCUT2D eigenvalue weighted by atomic mass is 9.78. The molecule has 0 radical (unpaired) electrons. The number of carboxylic acids is 1. The zero-order valence-corrected chi connectivity index (χ0v) is 10.7. The van der Waals surface area contributed by atoms with Crippen LogP contribution in [0, 0.1) is 23.5 Å². The Kier molecular flexibility index (Phi) is 4.32. The number of anilines is 1. The number of benzene rings is 1. The molecular weight excluding hydrogens is 268 g/mol. The molecule has 1 fully saturated rings. The molecule has 0 aliphatic heterocycles. The summed E-state index contributed by atoms with van der Waals surface area (Å²) in [5.41, 5.74) is 0.108. The van der Waals surface area contributed by atoms with Crippen LogP contribution in [0.15, 0.2) is 18.2 Å². The molecule has 2 rings (SSSR count). The van der Waals surface area contributed by atoms with Crippen molar-refractivity contribution in [3.05, 3.63) is 29.8 Å². The van der Waals surface area contributed by atoms with Crippen LogP contribution < -0.4 is 10.4 Å². The van der Waals surface area contributed by atoms with Crippen LogP contribution in [0.2, 0.25) is 0 Å². The summed E-state index contributed by atoms with van der Waals surface area (Å²) in [6.07, 6.45) is 2.36. The normalized spacial score (nSPS) is 22.3. The van der Waals surface area contributed by atoms with E-state index >= 15 is 0 Å². The summed E-state index contributed by atoms with van der Waals surface area (Å²) in [7, 11) is 0. The lowest BCUT2D eigenvalue weighted by Gasteiger charge is -2.31. The number of carboxylic acid groups (broad SMARTS) is 1. The predicted molar refractivity (Wildman–Crippen MR) is 65.4 cm³/mol. The first-order valence-electron chi connectivity index (χ1n) is 6.46. The molecule has 1 aliphatic rings. The second kappa shape index (κ2) is 5.98. The van der Waals surface area contributed by atoms with Gasteiger partial charge in [0.05, 0.1) is 0 Å². The maximum atomic E-state index is 13.0. The van der Waals surface area contributed by atoms with Crippen LogP contribution in [0.1, 0.15) is 25.7 Å². The van der Waals surface area contributed by atoms with Gasteiger partial charge in [-0.2, -0.15) is 0 Å². The maximum absolute atomic E-state index is 13.0. The molecule has 1 saturated carbocycles. The lowest BCUT2D eigenvalue weighted by molar-refractivity contribution is -0.313. The summed E-state index contributed by atoms with van der Waals surface area (Å²) in [6, 6.07) is 3.00. The highest BCUT2D eigenvalue weighted by molar-refractivity contribution is 5.95. The number of halogens is 2. The first-order valence-corrected chi connectivity index (χ1v) is 6.46. The van der Waals surface area contributed by atoms with Crippen LogP contribution in [0.3, 0.4) is 0 Å². The van der Waals surface area contributed by atoms with Crippen molar-refractivity contribution in [1.29, 1.82) is 0 Å². The Morgan fingerprint density at radius 1 is 1.10 bits per heavy atom. The standard InChI is InChI=1S/C14H15F2NO3/c15-11-6-5-8(7-12(11)16)17-13(18)9-3-1-2-4-10(9)14(19)20/h5-7,9-10H,1-4H2,(H,17,18)(H,19,20)/p-1/t9-,10-/m1/s1. The largest absolute Gasteiger partial charge is 0.550 e. The number of amides is 1. The molecule has 4 nitrogen and oxygen atoms in total. The first-order chi connectivity index (χ1) is 9.49. The Morgan fingerprint density at radius 3 is 2.35 bits per heavy atom. The van der Waals surface area contributed by atoms with Gasteiger partial charge in [-0.1, -0.05) is 12.8 Å². The van der Waals surface area contributed by atoms with E-state index < -0.39 is 35.3 Å². The molecule has 20 heavy (non-hydrogen) atoms. The molecule has 0 spiro atoms. The van der Waals surface area contributed by atoms with E-state index in [2.05, 4.69) is 5.32 Å². The van der Waals surface area contributed by atoms with Gasteiger partial charge in [-0.05, 0) is 25.0 Å². The highest BCUT2D eigenvalue weighted by Crippen LogP contribution is 2.30. The second-order valence-corrected chi connectivity index (χ2v) is 4.93. The van der Waals surface area contributed by atoms with E-state index in [4.69, 9.17) is 0 Å². The van der Waals surface area contributed by atoms with Crippen molar-refractivity contribution in [3.8, 4) is 0 Å². The quantitative estimate of drug-likeness (QED) is 0.912. The summed E-state index contributed by atoms with van der Waals surface area (Å²) in [5, 5.41) is 13.4. The zero-order valence-electron chi connectivity index (χ0n) is 10.7. The number of hydrogen-bond donors (Lipinski definition) is 1. The molecule has 6 heteroatoms. The third-order valence-corrected chi connectivity index (χ3v) is 3.59. The molecule has 1 amide bonds. The smallest absolute Gasteiger partial charge is 0.228 e. The number of aliphatic carboxylic acids is 1. The third-order valence-electron chi connectivity index (χ3n) is 3.59. The fraction of sp³-hybridized carbons (Fsp3) is 0.429. The molecule has 0 unspecified atom stereocenters. The Balaban J connectivity index is 2.09. The van der Waals surface area contributed by atoms with Crippen molar-refractivity contribution >= 4 is 17.6 Å². The zero-order chi connectivity index (χ0) is 14.7. The van der Waals surface area contributed by atoms with E-state index in [1.54, 1.807) is 0 Å². The summed E-state index contributed by atoms with van der Waals surface area (Å²) in [4.78, 5) is 23.1. The predicted octanol–water partition coefficient (Wildman–Crippen LogP) is 1.46. The van der Waals surface area contributed by atoms with E-state index in [0.717, 1.165) is 25.0 Å². The molecule has 1 aromatic carbocycles. The lowest BCUT2D eigenvalue weighted by Crippen LogP contribution is -2.42. The Bertz CT molecular complexity index is 533. The Morgan fingerprint density at radius 2 is 1.75 bits per heavy atom. The monoisotopic (exact) mass is 282 g/mol. The maximum Gasteiger partial charge on any atom is 0.228 e. The molecule has 0 heterocycles. The van der Waals surface area contributed by atoms with E-state index in [0.29, 0.717) is 12.8 Å². The van der Waals surface area contributed by atoms with Crippen molar-refractivity contribution in [3.63, 3.8) is 0 Å². The number of nitrogens with one attached hydrogen (secondary N) is 1. The Labute approximate surface area is 114 Å². The molecule has 108 valence electrons. The van der Waals surface area contributed by atoms with Crippen LogP contribution in [-0.2, 0) is 9.59 Å². The van der Waals surface area contributed by atoms with Gasteiger partial charge in [0, 0.05) is 29.6 Å². The SMILES string of the molecule is O=C([O-])[C@@H]1CCCC[C@H]1C(=O)Nc1ccc(F)c(F)c1. The minimum atomic E-state index is -1.24. The highest BCUT2D eigenvalue weighted by atomic mass is 19.2. The summed E-state index contributed by atoms with van der Waals surface area (Å²) >= 11 is 0. The van der Waals surface area contributed by atoms with Gasteiger partial charge in [0.1, 0.15) is 0 Å². The molecule has 1 N–H and O–H groups in total. The fourth-order valence-corrected chi connectivity index (χ4v) is 2.54. The topological polar surface area (TPSA) is 69.2 Å². The number of hydrogen-bond acceptors (Lipinski definition) is 3. The average Bonchev–Trinajstić information content (AvgIpc) is 2.43.